The number of carbonyl (C=O) groups excluding carboxylic acids is 1. The molecule has 0 saturated heterocycles. The fourth-order valence-corrected chi connectivity index (χ4v) is 0.515. The molecule has 0 radical (unpaired) electrons. The molecule has 2 amide bonds. The number of hydrogen-bond acceptors (Lipinski definition) is 2. The van der Waals surface area contributed by atoms with Gasteiger partial charge in [0.25, 0.3) is 0 Å². The van der Waals surface area contributed by atoms with Crippen molar-refractivity contribution in [1.29, 1.82) is 5.26 Å². The van der Waals surface area contributed by atoms with E-state index in [4.69, 9.17) is 28.5 Å². The maximum Gasteiger partial charge on any atom is 0.321 e. The van der Waals surface area contributed by atoms with E-state index >= 15 is 0 Å². The molecular weight excluding hydrogens is 201 g/mol. The quantitative estimate of drug-likeness (QED) is 0.662. The fourth-order valence-electron chi connectivity index (χ4n) is 0.336. The lowest BCUT2D eigenvalue weighted by Crippen LogP contribution is -2.33. The highest BCUT2D eigenvalue weighted by Crippen LogP contribution is 2.10. The first-order chi connectivity index (χ1) is 5.49. The topological polar surface area (TPSA) is 56.1 Å². The summed E-state index contributed by atoms with van der Waals surface area (Å²) < 4.78 is -0.257. The van der Waals surface area contributed by atoms with Crippen molar-refractivity contribution < 1.29 is 4.79 Å². The lowest BCUT2D eigenvalue weighted by molar-refractivity contribution is 0.220. The standard InChI is InChI=1S/C6H7Cl2N3O/c1-11(2)6(12)10-4(3-9)5(7)8/h1-2H3,(H,10,12). The van der Waals surface area contributed by atoms with Gasteiger partial charge in [-0.1, -0.05) is 23.2 Å². The van der Waals surface area contributed by atoms with E-state index in [-0.39, 0.29) is 10.2 Å². The molecule has 0 spiro atoms. The van der Waals surface area contributed by atoms with Gasteiger partial charge in [-0.15, -0.1) is 0 Å². The van der Waals surface area contributed by atoms with Crippen LogP contribution in [0.5, 0.6) is 0 Å². The van der Waals surface area contributed by atoms with Gasteiger partial charge in [0.2, 0.25) is 0 Å². The van der Waals surface area contributed by atoms with Crippen LogP contribution in [-0.2, 0) is 0 Å². The highest BCUT2D eigenvalue weighted by Gasteiger charge is 2.08. The highest BCUT2D eigenvalue weighted by atomic mass is 35.5. The van der Waals surface area contributed by atoms with Crippen molar-refractivity contribution in [3.8, 4) is 6.07 Å². The number of urea groups is 1. The van der Waals surface area contributed by atoms with Gasteiger partial charge < -0.3 is 4.90 Å². The first kappa shape index (κ1) is 11.1. The number of nitrogens with zero attached hydrogens (tertiary/aromatic N) is 2. The molecule has 1 N–H and O–H groups in total. The van der Waals surface area contributed by atoms with Gasteiger partial charge in [-0.05, 0) is 0 Å². The molecule has 0 atom stereocenters. The first-order valence-electron chi connectivity index (χ1n) is 2.92. The van der Waals surface area contributed by atoms with Crippen molar-refractivity contribution in [1.82, 2.24) is 10.2 Å². The van der Waals surface area contributed by atoms with Crippen LogP contribution >= 0.6 is 23.2 Å². The number of hydrogen-bond donors (Lipinski definition) is 1. The number of nitriles is 1. The minimum absolute atomic E-state index is 0.156. The SMILES string of the molecule is CN(C)C(=O)NC(C#N)=C(Cl)Cl. The summed E-state index contributed by atoms with van der Waals surface area (Å²) in [6.07, 6.45) is 0. The van der Waals surface area contributed by atoms with Gasteiger partial charge in [-0.2, -0.15) is 5.26 Å². The van der Waals surface area contributed by atoms with Crippen LogP contribution < -0.4 is 5.32 Å². The maximum absolute atomic E-state index is 10.9. The lowest BCUT2D eigenvalue weighted by Gasteiger charge is -2.10. The van der Waals surface area contributed by atoms with Gasteiger partial charge in [-0.25, -0.2) is 4.79 Å². The van der Waals surface area contributed by atoms with Gasteiger partial charge in [0.05, 0.1) is 0 Å². The van der Waals surface area contributed by atoms with Crippen LogP contribution in [0.15, 0.2) is 10.2 Å². The summed E-state index contributed by atoms with van der Waals surface area (Å²) in [5.74, 6) is 0. The first-order valence-corrected chi connectivity index (χ1v) is 3.68. The molecule has 0 aliphatic carbocycles. The van der Waals surface area contributed by atoms with Crippen molar-refractivity contribution in [2.45, 2.75) is 0 Å². The molecule has 0 bridgehead atoms. The monoisotopic (exact) mass is 207 g/mol. The average molecular weight is 208 g/mol. The van der Waals surface area contributed by atoms with Crippen LogP contribution in [0.4, 0.5) is 4.79 Å². The molecule has 0 rings (SSSR count). The van der Waals surface area contributed by atoms with Crippen molar-refractivity contribution in [2.75, 3.05) is 14.1 Å². The molecule has 0 aromatic heterocycles. The van der Waals surface area contributed by atoms with Gasteiger partial charge >= 0.3 is 6.03 Å². The summed E-state index contributed by atoms with van der Waals surface area (Å²) >= 11 is 10.6. The molecule has 0 aromatic rings. The largest absolute Gasteiger partial charge is 0.331 e. The van der Waals surface area contributed by atoms with Crippen molar-refractivity contribution in [3.63, 3.8) is 0 Å². The summed E-state index contributed by atoms with van der Waals surface area (Å²) in [4.78, 5) is 12.2. The van der Waals surface area contributed by atoms with Crippen LogP contribution in [0.25, 0.3) is 0 Å². The van der Waals surface area contributed by atoms with Gasteiger partial charge in [0.15, 0.2) is 5.70 Å². The van der Waals surface area contributed by atoms with E-state index in [1.54, 1.807) is 6.07 Å². The van der Waals surface area contributed by atoms with Gasteiger partial charge in [0, 0.05) is 14.1 Å². The lowest BCUT2D eigenvalue weighted by atomic mass is 10.5. The van der Waals surface area contributed by atoms with Gasteiger partial charge in [0.1, 0.15) is 10.6 Å². The van der Waals surface area contributed by atoms with Crippen LogP contribution in [0.3, 0.4) is 0 Å². The molecular formula is C6H7Cl2N3O. The molecule has 0 saturated carbocycles. The summed E-state index contributed by atoms with van der Waals surface area (Å²) in [7, 11) is 3.07. The maximum atomic E-state index is 10.9. The molecule has 0 fully saturated rings. The number of amides is 2. The number of nitrogens with one attached hydrogen (secondary N) is 1. The Morgan fingerprint density at radius 2 is 2.00 bits per heavy atom. The van der Waals surface area contributed by atoms with Crippen LogP contribution in [-0.4, -0.2) is 25.0 Å². The Balaban J connectivity index is 4.37. The number of rotatable bonds is 1. The van der Waals surface area contributed by atoms with E-state index < -0.39 is 6.03 Å². The summed E-state index contributed by atoms with van der Waals surface area (Å²) in [6.45, 7) is 0. The summed E-state index contributed by atoms with van der Waals surface area (Å²) in [5.41, 5.74) is -0.156. The molecule has 0 aromatic carbocycles. The van der Waals surface area contributed by atoms with E-state index in [0.717, 1.165) is 0 Å². The van der Waals surface area contributed by atoms with Crippen LogP contribution in [0.1, 0.15) is 0 Å². The second-order valence-electron chi connectivity index (χ2n) is 2.07. The number of allylic oxidation sites excluding steroid dienone is 1. The van der Waals surface area contributed by atoms with E-state index in [9.17, 15) is 4.79 Å². The third kappa shape index (κ3) is 3.46. The highest BCUT2D eigenvalue weighted by molar-refractivity contribution is 6.56. The summed E-state index contributed by atoms with van der Waals surface area (Å²) in [5, 5.41) is 10.6. The zero-order valence-electron chi connectivity index (χ0n) is 6.56. The Bertz CT molecular complexity index is 250. The van der Waals surface area contributed by atoms with Crippen molar-refractivity contribution >= 4 is 29.2 Å². The Morgan fingerprint density at radius 3 is 2.25 bits per heavy atom. The molecule has 0 aliphatic rings. The second-order valence-corrected chi connectivity index (χ2v) is 3.02. The minimum Gasteiger partial charge on any atom is -0.331 e. The average Bonchev–Trinajstić information content (AvgIpc) is 1.98. The minimum atomic E-state index is -0.453. The molecule has 0 heterocycles. The van der Waals surface area contributed by atoms with E-state index in [1.165, 1.54) is 19.0 Å². The van der Waals surface area contributed by atoms with Gasteiger partial charge in [-0.3, -0.25) is 5.32 Å². The Morgan fingerprint density at radius 1 is 1.50 bits per heavy atom. The smallest absolute Gasteiger partial charge is 0.321 e. The van der Waals surface area contributed by atoms with E-state index in [0.29, 0.717) is 0 Å². The van der Waals surface area contributed by atoms with E-state index in [1.807, 2.05) is 0 Å². The predicted octanol–water partition coefficient (Wildman–Crippen LogP) is 1.43. The number of halogens is 2. The Hall–Kier alpha value is -0.920. The van der Waals surface area contributed by atoms with Crippen molar-refractivity contribution in [3.05, 3.63) is 10.2 Å². The summed E-state index contributed by atoms with van der Waals surface area (Å²) in [6, 6.07) is 1.19. The normalized spacial score (nSPS) is 8.25. The molecule has 4 nitrogen and oxygen atoms in total. The molecule has 0 aliphatic heterocycles. The third-order valence-electron chi connectivity index (χ3n) is 0.939. The van der Waals surface area contributed by atoms with E-state index in [2.05, 4.69) is 5.32 Å². The second kappa shape index (κ2) is 4.86. The van der Waals surface area contributed by atoms with Crippen LogP contribution in [0, 0.1) is 11.3 Å². The number of carbonyl (C=O) groups is 1. The Kier molecular flexibility index (Phi) is 4.49. The molecule has 0 unspecified atom stereocenters. The fraction of sp³-hybridized carbons (Fsp3) is 0.333. The zero-order chi connectivity index (χ0) is 9.72. The molecule has 6 heteroatoms. The van der Waals surface area contributed by atoms with Crippen molar-refractivity contribution in [2.24, 2.45) is 0 Å². The third-order valence-corrected chi connectivity index (χ3v) is 1.32. The molecule has 66 valence electrons. The van der Waals surface area contributed by atoms with Crippen LogP contribution in [0.2, 0.25) is 0 Å². The molecule has 12 heavy (non-hydrogen) atoms. The predicted molar refractivity (Wildman–Crippen MR) is 46.6 cm³/mol. The Labute approximate surface area is 80.3 Å². The zero-order valence-corrected chi connectivity index (χ0v) is 8.07.